The van der Waals surface area contributed by atoms with Crippen LogP contribution in [0.1, 0.15) is 17.3 Å². The minimum atomic E-state index is -1.03. The van der Waals surface area contributed by atoms with Crippen LogP contribution in [0.4, 0.5) is 5.69 Å². The van der Waals surface area contributed by atoms with Gasteiger partial charge in [0, 0.05) is 5.69 Å². The molecule has 3 N–H and O–H groups in total. The maximum absolute atomic E-state index is 10.7. The molecule has 1 aromatic carbocycles. The molecule has 0 aromatic heterocycles. The molecule has 0 radical (unpaired) electrons. The van der Waals surface area contributed by atoms with Crippen molar-refractivity contribution in [1.29, 1.82) is 0 Å². The van der Waals surface area contributed by atoms with Crippen LogP contribution in [0.25, 0.3) is 0 Å². The number of carboxylic acids is 1. The molecule has 4 heteroatoms. The molecule has 0 amide bonds. The zero-order chi connectivity index (χ0) is 9.84. The van der Waals surface area contributed by atoms with Crippen molar-refractivity contribution < 1.29 is 14.6 Å². The molecular weight excluding hydrogens is 170 g/mol. The quantitative estimate of drug-likeness (QED) is 0.690. The summed E-state index contributed by atoms with van der Waals surface area (Å²) >= 11 is 0. The number of hydrogen-bond acceptors (Lipinski definition) is 3. The number of anilines is 1. The van der Waals surface area contributed by atoms with Gasteiger partial charge in [-0.3, -0.25) is 0 Å². The molecule has 0 fully saturated rings. The Kier molecular flexibility index (Phi) is 2.74. The number of hydrogen-bond donors (Lipinski definition) is 2. The molecule has 0 saturated carbocycles. The first-order valence-corrected chi connectivity index (χ1v) is 3.90. The van der Waals surface area contributed by atoms with E-state index in [1.165, 1.54) is 6.07 Å². The van der Waals surface area contributed by atoms with Crippen molar-refractivity contribution in [3.63, 3.8) is 0 Å². The topological polar surface area (TPSA) is 72.5 Å². The molecule has 1 rings (SSSR count). The predicted molar refractivity (Wildman–Crippen MR) is 49.0 cm³/mol. The predicted octanol–water partition coefficient (Wildman–Crippen LogP) is 1.37. The number of rotatable bonds is 3. The molecule has 1 aromatic rings. The number of nitrogens with two attached hydrogens (primary N) is 1. The van der Waals surface area contributed by atoms with E-state index < -0.39 is 5.97 Å². The Hall–Kier alpha value is -1.71. The van der Waals surface area contributed by atoms with Crippen LogP contribution < -0.4 is 10.5 Å². The van der Waals surface area contributed by atoms with Crippen LogP contribution in [0.15, 0.2) is 18.2 Å². The highest BCUT2D eigenvalue weighted by Gasteiger charge is 2.10. The SMILES string of the molecule is CCOc1ccc(N)cc1C(=O)O. The van der Waals surface area contributed by atoms with E-state index in [1.807, 2.05) is 0 Å². The second-order valence-electron chi connectivity index (χ2n) is 2.49. The highest BCUT2D eigenvalue weighted by atomic mass is 16.5. The van der Waals surface area contributed by atoms with Crippen molar-refractivity contribution in [2.24, 2.45) is 0 Å². The van der Waals surface area contributed by atoms with Crippen molar-refractivity contribution in [2.75, 3.05) is 12.3 Å². The Bertz CT molecular complexity index is 323. The van der Waals surface area contributed by atoms with Gasteiger partial charge in [0.05, 0.1) is 6.61 Å². The molecule has 0 spiro atoms. The van der Waals surface area contributed by atoms with E-state index in [-0.39, 0.29) is 5.56 Å². The second kappa shape index (κ2) is 3.80. The molecular formula is C9H11NO3. The summed E-state index contributed by atoms with van der Waals surface area (Å²) in [6.45, 7) is 2.23. The largest absolute Gasteiger partial charge is 0.493 e. The second-order valence-corrected chi connectivity index (χ2v) is 2.49. The van der Waals surface area contributed by atoms with Crippen LogP contribution >= 0.6 is 0 Å². The standard InChI is InChI=1S/C9H11NO3/c1-2-13-8-4-3-6(10)5-7(8)9(11)12/h3-5H,2,10H2,1H3,(H,11,12). The monoisotopic (exact) mass is 181 g/mol. The third-order valence-electron chi connectivity index (χ3n) is 1.53. The lowest BCUT2D eigenvalue weighted by molar-refractivity contribution is 0.0692. The third-order valence-corrected chi connectivity index (χ3v) is 1.53. The summed E-state index contributed by atoms with van der Waals surface area (Å²) in [6.07, 6.45) is 0. The lowest BCUT2D eigenvalue weighted by Gasteiger charge is -2.06. The molecule has 0 atom stereocenters. The molecule has 0 heterocycles. The maximum Gasteiger partial charge on any atom is 0.339 e. The Morgan fingerprint density at radius 2 is 2.31 bits per heavy atom. The molecule has 0 aliphatic rings. The minimum Gasteiger partial charge on any atom is -0.493 e. The van der Waals surface area contributed by atoms with Gasteiger partial charge >= 0.3 is 5.97 Å². The van der Waals surface area contributed by atoms with Crippen LogP contribution in [-0.2, 0) is 0 Å². The van der Waals surface area contributed by atoms with Crippen molar-refractivity contribution >= 4 is 11.7 Å². The average Bonchev–Trinajstić information content (AvgIpc) is 2.08. The third kappa shape index (κ3) is 2.11. The molecule has 70 valence electrons. The summed E-state index contributed by atoms with van der Waals surface area (Å²) in [5, 5.41) is 8.78. The number of benzene rings is 1. The number of aromatic carboxylic acids is 1. The van der Waals surface area contributed by atoms with Gasteiger partial charge in [-0.2, -0.15) is 0 Å². The van der Waals surface area contributed by atoms with E-state index in [4.69, 9.17) is 15.6 Å². The summed E-state index contributed by atoms with van der Waals surface area (Å²) in [6, 6.07) is 4.55. The van der Waals surface area contributed by atoms with Crippen molar-refractivity contribution in [1.82, 2.24) is 0 Å². The van der Waals surface area contributed by atoms with E-state index in [0.29, 0.717) is 18.0 Å². The van der Waals surface area contributed by atoms with Crippen LogP contribution in [-0.4, -0.2) is 17.7 Å². The fraction of sp³-hybridized carbons (Fsp3) is 0.222. The molecule has 4 nitrogen and oxygen atoms in total. The van der Waals surface area contributed by atoms with Gasteiger partial charge in [-0.1, -0.05) is 0 Å². The zero-order valence-corrected chi connectivity index (χ0v) is 7.28. The van der Waals surface area contributed by atoms with Gasteiger partial charge in [0.1, 0.15) is 11.3 Å². The van der Waals surface area contributed by atoms with Gasteiger partial charge in [0.25, 0.3) is 0 Å². The van der Waals surface area contributed by atoms with E-state index in [9.17, 15) is 4.79 Å². The molecule has 0 bridgehead atoms. The lowest BCUT2D eigenvalue weighted by Crippen LogP contribution is -2.03. The highest BCUT2D eigenvalue weighted by molar-refractivity contribution is 5.92. The van der Waals surface area contributed by atoms with Gasteiger partial charge in [-0.25, -0.2) is 4.79 Å². The first-order chi connectivity index (χ1) is 6.15. The molecule has 0 aliphatic heterocycles. The first-order valence-electron chi connectivity index (χ1n) is 3.90. The van der Waals surface area contributed by atoms with Gasteiger partial charge in [-0.05, 0) is 25.1 Å². The van der Waals surface area contributed by atoms with E-state index in [2.05, 4.69) is 0 Å². The van der Waals surface area contributed by atoms with Crippen molar-refractivity contribution in [3.05, 3.63) is 23.8 Å². The van der Waals surface area contributed by atoms with Crippen LogP contribution in [0, 0.1) is 0 Å². The minimum absolute atomic E-state index is 0.0989. The van der Waals surface area contributed by atoms with Gasteiger partial charge in [0.15, 0.2) is 0 Å². The molecule has 0 unspecified atom stereocenters. The normalized spacial score (nSPS) is 9.62. The fourth-order valence-electron chi connectivity index (χ4n) is 0.996. The summed E-state index contributed by atoms with van der Waals surface area (Å²) in [4.78, 5) is 10.7. The fourth-order valence-corrected chi connectivity index (χ4v) is 0.996. The summed E-state index contributed by atoms with van der Waals surface area (Å²) in [7, 11) is 0. The summed E-state index contributed by atoms with van der Waals surface area (Å²) < 4.78 is 5.12. The summed E-state index contributed by atoms with van der Waals surface area (Å²) in [5.74, 6) is -0.681. The smallest absolute Gasteiger partial charge is 0.339 e. The van der Waals surface area contributed by atoms with E-state index in [1.54, 1.807) is 19.1 Å². The first kappa shape index (κ1) is 9.38. The summed E-state index contributed by atoms with van der Waals surface area (Å²) in [5.41, 5.74) is 5.96. The number of carbonyl (C=O) groups is 1. The van der Waals surface area contributed by atoms with Gasteiger partial charge in [0.2, 0.25) is 0 Å². The van der Waals surface area contributed by atoms with Crippen molar-refractivity contribution in [2.45, 2.75) is 6.92 Å². The van der Waals surface area contributed by atoms with Crippen LogP contribution in [0.3, 0.4) is 0 Å². The van der Waals surface area contributed by atoms with Crippen molar-refractivity contribution in [3.8, 4) is 5.75 Å². The van der Waals surface area contributed by atoms with Gasteiger partial charge < -0.3 is 15.6 Å². The molecule has 0 saturated heterocycles. The zero-order valence-electron chi connectivity index (χ0n) is 7.28. The molecule has 13 heavy (non-hydrogen) atoms. The van der Waals surface area contributed by atoms with Crippen LogP contribution in [0.2, 0.25) is 0 Å². The average molecular weight is 181 g/mol. The van der Waals surface area contributed by atoms with Gasteiger partial charge in [-0.15, -0.1) is 0 Å². The highest BCUT2D eigenvalue weighted by Crippen LogP contribution is 2.21. The van der Waals surface area contributed by atoms with Crippen LogP contribution in [0.5, 0.6) is 5.75 Å². The number of ether oxygens (including phenoxy) is 1. The number of carboxylic acid groups (broad SMARTS) is 1. The molecule has 0 aliphatic carbocycles. The Morgan fingerprint density at radius 1 is 1.62 bits per heavy atom. The Balaban J connectivity index is 3.10. The Labute approximate surface area is 75.9 Å². The lowest BCUT2D eigenvalue weighted by atomic mass is 10.2. The van der Waals surface area contributed by atoms with E-state index in [0.717, 1.165) is 0 Å². The van der Waals surface area contributed by atoms with E-state index >= 15 is 0 Å². The maximum atomic E-state index is 10.7. The number of nitrogen functional groups attached to an aromatic ring is 1. The Morgan fingerprint density at radius 3 is 2.85 bits per heavy atom.